The maximum Gasteiger partial charge on any atom is 0.311 e. The third-order valence-electron chi connectivity index (χ3n) is 8.14. The molecule has 4 heteroatoms. The lowest BCUT2D eigenvalue weighted by Gasteiger charge is -2.48. The molecule has 2 saturated carbocycles. The molecule has 0 radical (unpaired) electrons. The van der Waals surface area contributed by atoms with Crippen LogP contribution >= 0.6 is 0 Å². The van der Waals surface area contributed by atoms with E-state index < -0.39 is 0 Å². The van der Waals surface area contributed by atoms with Gasteiger partial charge < -0.3 is 14.8 Å². The average Bonchev–Trinajstić information content (AvgIpc) is 3.34. The summed E-state index contributed by atoms with van der Waals surface area (Å²) < 4.78 is 12.4. The fourth-order valence-corrected chi connectivity index (χ4v) is 6.63. The molecule has 1 aromatic carbocycles. The predicted molar refractivity (Wildman–Crippen MR) is 103 cm³/mol. The number of carbonyl (C=O) groups is 1. The van der Waals surface area contributed by atoms with Crippen molar-refractivity contribution in [3.63, 3.8) is 0 Å². The number of epoxide rings is 1. The van der Waals surface area contributed by atoms with Gasteiger partial charge in [0.15, 0.2) is 0 Å². The van der Waals surface area contributed by atoms with Crippen LogP contribution in [0.2, 0.25) is 0 Å². The number of carbonyl (C=O) groups excluding carboxylic acids is 1. The number of hydrogen-bond acceptors (Lipinski definition) is 4. The lowest BCUT2D eigenvalue weighted by atomic mass is 9.53. The first-order valence-electron chi connectivity index (χ1n) is 10.6. The van der Waals surface area contributed by atoms with Crippen LogP contribution in [-0.2, 0) is 14.3 Å². The topological polar surface area (TPSA) is 50.9 Å². The van der Waals surface area contributed by atoms with Gasteiger partial charge in [0, 0.05) is 23.9 Å². The summed E-state index contributed by atoms with van der Waals surface area (Å²) in [4.78, 5) is 12.7. The first-order chi connectivity index (χ1) is 13.0. The number of nitrogens with one attached hydrogen (secondary N) is 1. The van der Waals surface area contributed by atoms with E-state index in [2.05, 4.69) is 50.4 Å². The summed E-state index contributed by atoms with van der Waals surface area (Å²) in [5.74, 6) is 0.666. The van der Waals surface area contributed by atoms with Crippen molar-refractivity contribution in [1.29, 1.82) is 0 Å². The molecule has 1 aromatic rings. The lowest BCUT2D eigenvalue weighted by molar-refractivity contribution is -0.146. The SMILES string of the molecule is C[C@H](NC[C@H]1C(=O)O[C@@H]2C[C@]3(C)CCC[C@@H](C)[C@@]34O[C@@H]4[C@H]21)c1ccccc1. The molecule has 8 atom stereocenters. The van der Waals surface area contributed by atoms with Gasteiger partial charge in [0.05, 0.1) is 12.0 Å². The van der Waals surface area contributed by atoms with Gasteiger partial charge in [0.1, 0.15) is 11.7 Å². The molecule has 4 nitrogen and oxygen atoms in total. The zero-order chi connectivity index (χ0) is 18.8. The van der Waals surface area contributed by atoms with Gasteiger partial charge >= 0.3 is 5.97 Å². The molecule has 146 valence electrons. The van der Waals surface area contributed by atoms with Crippen LogP contribution in [0.1, 0.15) is 58.1 Å². The third-order valence-corrected chi connectivity index (χ3v) is 8.14. The summed E-state index contributed by atoms with van der Waals surface area (Å²) in [5, 5.41) is 3.58. The number of fused-ring (bicyclic) bond motifs is 2. The molecule has 2 heterocycles. The fourth-order valence-electron chi connectivity index (χ4n) is 6.63. The normalized spacial score (nSPS) is 46.0. The van der Waals surface area contributed by atoms with Crippen molar-refractivity contribution in [2.75, 3.05) is 6.54 Å². The molecule has 0 amide bonds. The monoisotopic (exact) mass is 369 g/mol. The van der Waals surface area contributed by atoms with Crippen LogP contribution in [0.5, 0.6) is 0 Å². The summed E-state index contributed by atoms with van der Waals surface area (Å²) in [6, 6.07) is 10.6. The number of hydrogen-bond donors (Lipinski definition) is 1. The minimum absolute atomic E-state index is 0.0102. The summed E-state index contributed by atoms with van der Waals surface area (Å²) in [5.41, 5.74) is 1.40. The number of ether oxygens (including phenoxy) is 2. The Kier molecular flexibility index (Phi) is 3.97. The van der Waals surface area contributed by atoms with Crippen molar-refractivity contribution in [2.24, 2.45) is 23.2 Å². The summed E-state index contributed by atoms with van der Waals surface area (Å²) in [6.45, 7) is 7.54. The van der Waals surface area contributed by atoms with Crippen LogP contribution in [0.3, 0.4) is 0 Å². The van der Waals surface area contributed by atoms with Gasteiger partial charge in [-0.1, -0.05) is 50.6 Å². The number of rotatable bonds is 4. The van der Waals surface area contributed by atoms with Crippen molar-refractivity contribution in [1.82, 2.24) is 5.32 Å². The summed E-state index contributed by atoms with van der Waals surface area (Å²) >= 11 is 0. The standard InChI is InChI=1S/C23H31NO3/c1-14-8-7-11-22(3)12-18-19(20-23(14,22)27-20)17(21(25)26-18)13-24-15(2)16-9-5-4-6-10-16/h4-6,9-10,14-15,17-20,24H,7-8,11-13H2,1-3H3/t14-,15+,17-,18-,19+,20-,22+,23+/m1/s1. The Bertz CT molecular complexity index is 736. The van der Waals surface area contributed by atoms with Gasteiger partial charge in [-0.3, -0.25) is 4.79 Å². The largest absolute Gasteiger partial charge is 0.462 e. The Balaban J connectivity index is 1.34. The second-order valence-corrected chi connectivity index (χ2v) is 9.59. The average molecular weight is 370 g/mol. The zero-order valence-electron chi connectivity index (χ0n) is 16.6. The highest BCUT2D eigenvalue weighted by atomic mass is 16.6. The highest BCUT2D eigenvalue weighted by molar-refractivity contribution is 5.76. The van der Waals surface area contributed by atoms with Crippen LogP contribution in [0.25, 0.3) is 0 Å². The molecule has 2 aliphatic carbocycles. The van der Waals surface area contributed by atoms with E-state index in [1.807, 2.05) is 6.07 Å². The minimum Gasteiger partial charge on any atom is -0.462 e. The summed E-state index contributed by atoms with van der Waals surface area (Å²) in [7, 11) is 0. The van der Waals surface area contributed by atoms with Gasteiger partial charge in [-0.2, -0.15) is 0 Å². The molecule has 4 aliphatic rings. The molecular formula is C23H31NO3. The highest BCUT2D eigenvalue weighted by Gasteiger charge is 2.78. The van der Waals surface area contributed by atoms with Crippen LogP contribution in [-0.4, -0.2) is 30.3 Å². The predicted octanol–water partition coefficient (Wildman–Crippen LogP) is 3.86. The van der Waals surface area contributed by atoms with Gasteiger partial charge in [-0.15, -0.1) is 0 Å². The Hall–Kier alpha value is -1.39. The lowest BCUT2D eigenvalue weighted by Crippen LogP contribution is -2.54. The molecule has 1 spiro atoms. The molecule has 0 unspecified atom stereocenters. The van der Waals surface area contributed by atoms with Crippen molar-refractivity contribution < 1.29 is 14.3 Å². The van der Waals surface area contributed by atoms with E-state index in [9.17, 15) is 4.79 Å². The third kappa shape index (κ3) is 2.45. The first kappa shape index (κ1) is 17.7. The smallest absolute Gasteiger partial charge is 0.311 e. The van der Waals surface area contributed by atoms with E-state index in [4.69, 9.17) is 9.47 Å². The molecule has 0 bridgehead atoms. The van der Waals surface area contributed by atoms with Crippen molar-refractivity contribution in [2.45, 2.75) is 70.3 Å². The number of esters is 1. The van der Waals surface area contributed by atoms with E-state index in [1.165, 1.54) is 24.8 Å². The molecule has 0 aromatic heterocycles. The Labute approximate surface area is 162 Å². The van der Waals surface area contributed by atoms with Crippen LogP contribution < -0.4 is 5.32 Å². The second-order valence-electron chi connectivity index (χ2n) is 9.59. The van der Waals surface area contributed by atoms with Crippen molar-refractivity contribution in [3.05, 3.63) is 35.9 Å². The van der Waals surface area contributed by atoms with E-state index in [1.54, 1.807) is 0 Å². The van der Waals surface area contributed by atoms with Crippen molar-refractivity contribution in [3.8, 4) is 0 Å². The highest BCUT2D eigenvalue weighted by Crippen LogP contribution is 2.70. The van der Waals surface area contributed by atoms with Crippen LogP contribution in [0.15, 0.2) is 30.3 Å². The van der Waals surface area contributed by atoms with Gasteiger partial charge in [-0.25, -0.2) is 0 Å². The minimum atomic E-state index is -0.0933. The second kappa shape index (κ2) is 6.05. The van der Waals surface area contributed by atoms with Gasteiger partial charge in [0.2, 0.25) is 0 Å². The molecule has 27 heavy (non-hydrogen) atoms. The Morgan fingerprint density at radius 2 is 2.07 bits per heavy atom. The fraction of sp³-hybridized carbons (Fsp3) is 0.696. The Morgan fingerprint density at radius 1 is 1.30 bits per heavy atom. The molecular weight excluding hydrogens is 338 g/mol. The quantitative estimate of drug-likeness (QED) is 0.647. The van der Waals surface area contributed by atoms with E-state index >= 15 is 0 Å². The Morgan fingerprint density at radius 3 is 2.85 bits per heavy atom. The molecule has 1 N–H and O–H groups in total. The maximum absolute atomic E-state index is 12.7. The molecule has 2 saturated heterocycles. The molecule has 5 rings (SSSR count). The van der Waals surface area contributed by atoms with E-state index in [0.29, 0.717) is 12.5 Å². The molecule has 2 aliphatic heterocycles. The number of benzene rings is 1. The van der Waals surface area contributed by atoms with Crippen LogP contribution in [0, 0.1) is 23.2 Å². The van der Waals surface area contributed by atoms with Crippen molar-refractivity contribution >= 4 is 5.97 Å². The van der Waals surface area contributed by atoms with E-state index in [0.717, 1.165) is 6.42 Å². The molecule has 4 fully saturated rings. The van der Waals surface area contributed by atoms with Gasteiger partial charge in [-0.05, 0) is 37.7 Å². The zero-order valence-corrected chi connectivity index (χ0v) is 16.6. The van der Waals surface area contributed by atoms with E-state index in [-0.39, 0.29) is 47.1 Å². The van der Waals surface area contributed by atoms with Crippen LogP contribution in [0.4, 0.5) is 0 Å². The maximum atomic E-state index is 12.7. The van der Waals surface area contributed by atoms with Gasteiger partial charge in [0.25, 0.3) is 0 Å². The first-order valence-corrected chi connectivity index (χ1v) is 10.6. The summed E-state index contributed by atoms with van der Waals surface area (Å²) in [6.07, 6.45) is 4.90.